The highest BCUT2D eigenvalue weighted by Gasteiger charge is 2.59. The van der Waals surface area contributed by atoms with E-state index in [1.165, 1.54) is 25.3 Å². The molecule has 0 bridgehead atoms. The van der Waals surface area contributed by atoms with Gasteiger partial charge in [-0.2, -0.15) is 13.2 Å². The third-order valence-electron chi connectivity index (χ3n) is 4.07. The van der Waals surface area contributed by atoms with Crippen molar-refractivity contribution in [2.75, 3.05) is 7.11 Å². The molecule has 10 heteroatoms. The molecule has 1 aliphatic rings. The zero-order chi connectivity index (χ0) is 20.7. The number of hydrogen-bond acceptors (Lipinski definition) is 4. The van der Waals surface area contributed by atoms with E-state index in [0.29, 0.717) is 14.7 Å². The molecule has 1 atom stereocenters. The van der Waals surface area contributed by atoms with Gasteiger partial charge in [0.1, 0.15) is 0 Å². The molecule has 0 amide bonds. The van der Waals surface area contributed by atoms with Crippen molar-refractivity contribution in [3.05, 3.63) is 72.8 Å². The Bertz CT molecular complexity index is 961. The quantitative estimate of drug-likeness (QED) is 0.397. The molecule has 1 aliphatic heterocycles. The molecule has 0 saturated heterocycles. The van der Waals surface area contributed by atoms with Gasteiger partial charge in [0.2, 0.25) is 5.60 Å². The molecule has 2 aromatic carbocycles. The van der Waals surface area contributed by atoms with Gasteiger partial charge < -0.3 is 4.74 Å². The molecule has 1 heterocycles. The van der Waals surface area contributed by atoms with Gasteiger partial charge in [0.25, 0.3) is 0 Å². The lowest BCUT2D eigenvalue weighted by molar-refractivity contribution is -0.269. The monoisotopic (exact) mass is 543 g/mol. The van der Waals surface area contributed by atoms with Crippen molar-refractivity contribution in [3.63, 3.8) is 0 Å². The fourth-order valence-electron chi connectivity index (χ4n) is 2.71. The van der Waals surface area contributed by atoms with Crippen LogP contribution < -0.4 is 5.48 Å². The van der Waals surface area contributed by atoms with Gasteiger partial charge in [0.15, 0.2) is 0 Å². The predicted molar refractivity (Wildman–Crippen MR) is 107 cm³/mol. The van der Waals surface area contributed by atoms with Crippen LogP contribution in [0.2, 0.25) is 10.0 Å². The van der Waals surface area contributed by atoms with E-state index in [0.717, 1.165) is 18.2 Å². The summed E-state index contributed by atoms with van der Waals surface area (Å²) in [6.07, 6.45) is -3.88. The van der Waals surface area contributed by atoms with E-state index < -0.39 is 17.7 Å². The standard InChI is InChI=1S/C18H11Cl2F3INO3/c1-27-16(26)13-3-2-9(4-14(13)24)15-8-17(28-25-15,18(21,22)23)10-5-11(19)7-12(20)6-10/h2-8,25H,1H3. The number of halogens is 6. The number of carbonyl (C=O) groups is 1. The maximum Gasteiger partial charge on any atom is 0.428 e. The molecule has 4 nitrogen and oxygen atoms in total. The molecule has 1 N–H and O–H groups in total. The average molecular weight is 544 g/mol. The molecule has 1 unspecified atom stereocenters. The Morgan fingerprint density at radius 1 is 1.18 bits per heavy atom. The van der Waals surface area contributed by atoms with E-state index in [9.17, 15) is 18.0 Å². The number of nitrogens with one attached hydrogen (secondary N) is 1. The SMILES string of the molecule is COC(=O)c1ccc(C2=CC(c3cc(Cl)cc(Cl)c3)(C(F)(F)F)ON2)cc1I. The highest BCUT2D eigenvalue weighted by Crippen LogP contribution is 2.48. The predicted octanol–water partition coefficient (Wildman–Crippen LogP) is 5.72. The summed E-state index contributed by atoms with van der Waals surface area (Å²) in [5.41, 5.74) is 0.0818. The summed E-state index contributed by atoms with van der Waals surface area (Å²) in [5, 5.41) is 0.0992. The summed E-state index contributed by atoms with van der Waals surface area (Å²) in [5.74, 6) is -0.543. The second-order valence-corrected chi connectivity index (χ2v) is 7.87. The first kappa shape index (κ1) is 21.2. The van der Waals surface area contributed by atoms with Crippen molar-refractivity contribution in [1.29, 1.82) is 0 Å². The molecule has 0 fully saturated rings. The fraction of sp³-hybridized carbons (Fsp3) is 0.167. The first-order chi connectivity index (χ1) is 13.1. The number of benzene rings is 2. The third-order valence-corrected chi connectivity index (χ3v) is 5.40. The number of esters is 1. The van der Waals surface area contributed by atoms with Gasteiger partial charge in [-0.25, -0.2) is 4.79 Å². The van der Waals surface area contributed by atoms with Crippen LogP contribution in [0.1, 0.15) is 21.5 Å². The van der Waals surface area contributed by atoms with Crippen LogP contribution in [0, 0.1) is 3.57 Å². The number of alkyl halides is 3. The fourth-order valence-corrected chi connectivity index (χ4v) is 3.97. The minimum atomic E-state index is -4.80. The molecule has 2 aromatic rings. The average Bonchev–Trinajstić information content (AvgIpc) is 3.07. The smallest absolute Gasteiger partial charge is 0.428 e. The van der Waals surface area contributed by atoms with Crippen LogP contribution >= 0.6 is 45.8 Å². The lowest BCUT2D eigenvalue weighted by Crippen LogP contribution is -2.42. The van der Waals surface area contributed by atoms with E-state index in [1.807, 2.05) is 22.6 Å². The van der Waals surface area contributed by atoms with Crippen LogP contribution in [-0.4, -0.2) is 19.3 Å². The second-order valence-electron chi connectivity index (χ2n) is 5.84. The van der Waals surface area contributed by atoms with Crippen LogP contribution in [0.5, 0.6) is 0 Å². The van der Waals surface area contributed by atoms with Gasteiger partial charge in [-0.05, 0) is 59.0 Å². The summed E-state index contributed by atoms with van der Waals surface area (Å²) in [7, 11) is 1.25. The van der Waals surface area contributed by atoms with Crippen LogP contribution in [0.15, 0.2) is 42.5 Å². The van der Waals surface area contributed by atoms with E-state index >= 15 is 0 Å². The maximum atomic E-state index is 14.0. The van der Waals surface area contributed by atoms with Crippen molar-refractivity contribution >= 4 is 57.5 Å². The lowest BCUT2D eigenvalue weighted by atomic mass is 9.91. The summed E-state index contributed by atoms with van der Waals surface area (Å²) < 4.78 is 47.2. The third kappa shape index (κ3) is 3.83. The van der Waals surface area contributed by atoms with E-state index in [4.69, 9.17) is 28.0 Å². The normalized spacial score (nSPS) is 19.2. The number of rotatable bonds is 3. The van der Waals surface area contributed by atoms with Crippen molar-refractivity contribution in [3.8, 4) is 0 Å². The highest BCUT2D eigenvalue weighted by molar-refractivity contribution is 14.1. The number of ether oxygens (including phenoxy) is 1. The van der Waals surface area contributed by atoms with Crippen molar-refractivity contribution in [2.45, 2.75) is 11.8 Å². The molecule has 0 aliphatic carbocycles. The van der Waals surface area contributed by atoms with Crippen molar-refractivity contribution in [2.24, 2.45) is 0 Å². The van der Waals surface area contributed by atoms with Crippen molar-refractivity contribution in [1.82, 2.24) is 5.48 Å². The molecule has 0 saturated carbocycles. The minimum Gasteiger partial charge on any atom is -0.465 e. The first-order valence-electron chi connectivity index (χ1n) is 7.66. The number of carbonyl (C=O) groups excluding carboxylic acids is 1. The molecule has 148 valence electrons. The van der Waals surface area contributed by atoms with Gasteiger partial charge in [0, 0.05) is 24.7 Å². The molecule has 0 radical (unpaired) electrons. The summed E-state index contributed by atoms with van der Waals surface area (Å²) in [6, 6.07) is 8.13. The lowest BCUT2D eigenvalue weighted by Gasteiger charge is -2.28. The summed E-state index contributed by atoms with van der Waals surface area (Å²) >= 11 is 13.7. The van der Waals surface area contributed by atoms with Crippen LogP contribution in [-0.2, 0) is 15.2 Å². The van der Waals surface area contributed by atoms with Gasteiger partial charge in [-0.1, -0.05) is 29.3 Å². The zero-order valence-corrected chi connectivity index (χ0v) is 17.7. The Kier molecular flexibility index (Phi) is 5.86. The van der Waals surface area contributed by atoms with Gasteiger partial charge in [0.05, 0.1) is 18.4 Å². The van der Waals surface area contributed by atoms with Gasteiger partial charge >= 0.3 is 12.1 Å². The molecule has 0 spiro atoms. The molecule has 0 aromatic heterocycles. The Balaban J connectivity index is 2.10. The second kappa shape index (κ2) is 7.74. The van der Waals surface area contributed by atoms with Gasteiger partial charge in [-0.15, -0.1) is 0 Å². The summed E-state index contributed by atoms with van der Waals surface area (Å²) in [6.45, 7) is 0. The zero-order valence-electron chi connectivity index (χ0n) is 14.0. The summed E-state index contributed by atoms with van der Waals surface area (Å²) in [4.78, 5) is 16.7. The molecule has 3 rings (SSSR count). The minimum absolute atomic E-state index is 0.0496. The topological polar surface area (TPSA) is 47.6 Å². The van der Waals surface area contributed by atoms with E-state index in [-0.39, 0.29) is 21.3 Å². The Morgan fingerprint density at radius 3 is 2.36 bits per heavy atom. The Hall–Kier alpha value is -1.49. The van der Waals surface area contributed by atoms with Crippen LogP contribution in [0.4, 0.5) is 13.2 Å². The number of methoxy groups -OCH3 is 1. The van der Waals surface area contributed by atoms with Crippen molar-refractivity contribution < 1.29 is 27.5 Å². The van der Waals surface area contributed by atoms with E-state index in [1.54, 1.807) is 6.07 Å². The number of hydrogen-bond donors (Lipinski definition) is 1. The molecule has 28 heavy (non-hydrogen) atoms. The maximum absolute atomic E-state index is 14.0. The van der Waals surface area contributed by atoms with Crippen LogP contribution in [0.25, 0.3) is 5.70 Å². The number of hydroxylamine groups is 1. The largest absolute Gasteiger partial charge is 0.465 e. The Morgan fingerprint density at radius 2 is 1.82 bits per heavy atom. The van der Waals surface area contributed by atoms with E-state index in [2.05, 4.69) is 10.2 Å². The molecular weight excluding hydrogens is 533 g/mol. The Labute approximate surface area is 181 Å². The molecular formula is C18H11Cl2F3INO3. The highest BCUT2D eigenvalue weighted by atomic mass is 127. The van der Waals surface area contributed by atoms with Crippen LogP contribution in [0.3, 0.4) is 0 Å². The van der Waals surface area contributed by atoms with Gasteiger partial charge in [-0.3, -0.25) is 10.3 Å². The first-order valence-corrected chi connectivity index (χ1v) is 9.49.